The van der Waals surface area contributed by atoms with Crippen LogP contribution in [0.4, 0.5) is 0 Å². The molecule has 0 atom stereocenters. The van der Waals surface area contributed by atoms with E-state index in [2.05, 4.69) is 47.5 Å². The van der Waals surface area contributed by atoms with Crippen LogP contribution in [-0.4, -0.2) is 36.6 Å². The molecule has 1 aromatic rings. The third kappa shape index (κ3) is 3.18. The number of rotatable bonds is 4. The zero-order chi connectivity index (χ0) is 13.1. The van der Waals surface area contributed by atoms with Gasteiger partial charge in [0.2, 0.25) is 0 Å². The molecule has 2 heteroatoms. The molecule has 0 spiro atoms. The Bertz CT molecular complexity index is 376. The number of benzene rings is 1. The van der Waals surface area contributed by atoms with Crippen LogP contribution >= 0.6 is 0 Å². The van der Waals surface area contributed by atoms with Crippen molar-refractivity contribution in [2.75, 3.05) is 19.6 Å². The van der Waals surface area contributed by atoms with E-state index in [0.717, 1.165) is 18.0 Å². The third-order valence-electron chi connectivity index (χ3n) is 4.92. The fraction of sp³-hybridized carbons (Fsp3) is 0.647. The van der Waals surface area contributed by atoms with Crippen LogP contribution in [0.1, 0.15) is 44.1 Å². The molecular formula is C17H26N2. The number of nitrogens with zero attached hydrogens (tertiary/aromatic N) is 1. The van der Waals surface area contributed by atoms with Gasteiger partial charge in [-0.1, -0.05) is 37.3 Å². The molecule has 2 aliphatic rings. The second-order valence-corrected chi connectivity index (χ2v) is 6.15. The van der Waals surface area contributed by atoms with E-state index in [1.54, 1.807) is 0 Å². The van der Waals surface area contributed by atoms with Crippen LogP contribution in [0.2, 0.25) is 0 Å². The maximum atomic E-state index is 3.87. The van der Waals surface area contributed by atoms with Crippen LogP contribution in [0.15, 0.2) is 30.3 Å². The summed E-state index contributed by atoms with van der Waals surface area (Å²) < 4.78 is 0. The average molecular weight is 258 g/mol. The summed E-state index contributed by atoms with van der Waals surface area (Å²) in [7, 11) is 0. The van der Waals surface area contributed by atoms with E-state index in [9.17, 15) is 0 Å². The van der Waals surface area contributed by atoms with Crippen molar-refractivity contribution >= 4 is 0 Å². The highest BCUT2D eigenvalue weighted by molar-refractivity contribution is 5.22. The monoisotopic (exact) mass is 258 g/mol. The summed E-state index contributed by atoms with van der Waals surface area (Å²) in [4.78, 5) is 2.56. The fourth-order valence-corrected chi connectivity index (χ4v) is 3.50. The number of piperidine rings is 1. The van der Waals surface area contributed by atoms with Crippen molar-refractivity contribution in [3.8, 4) is 0 Å². The van der Waals surface area contributed by atoms with E-state index in [1.165, 1.54) is 50.9 Å². The molecule has 19 heavy (non-hydrogen) atoms. The first kappa shape index (κ1) is 13.1. The van der Waals surface area contributed by atoms with Gasteiger partial charge in [-0.15, -0.1) is 0 Å². The van der Waals surface area contributed by atoms with Gasteiger partial charge in [0.05, 0.1) is 0 Å². The Morgan fingerprint density at radius 1 is 1.05 bits per heavy atom. The Morgan fingerprint density at radius 3 is 2.37 bits per heavy atom. The molecular weight excluding hydrogens is 232 g/mol. The molecule has 1 N–H and O–H groups in total. The normalized spacial score (nSPS) is 29.1. The largest absolute Gasteiger partial charge is 0.311 e. The molecule has 1 saturated heterocycles. The first-order valence-electron chi connectivity index (χ1n) is 7.88. The van der Waals surface area contributed by atoms with Gasteiger partial charge in [0.1, 0.15) is 0 Å². The lowest BCUT2D eigenvalue weighted by Crippen LogP contribution is -2.49. The minimum atomic E-state index is 0.767. The van der Waals surface area contributed by atoms with Gasteiger partial charge >= 0.3 is 0 Å². The summed E-state index contributed by atoms with van der Waals surface area (Å²) in [6.07, 6.45) is 5.33. The molecule has 1 aliphatic carbocycles. The topological polar surface area (TPSA) is 15.3 Å². The maximum absolute atomic E-state index is 3.87. The molecule has 1 saturated carbocycles. The van der Waals surface area contributed by atoms with Crippen molar-refractivity contribution in [3.63, 3.8) is 0 Å². The predicted molar refractivity (Wildman–Crippen MR) is 80.5 cm³/mol. The Hall–Kier alpha value is -0.860. The Morgan fingerprint density at radius 2 is 1.74 bits per heavy atom. The molecule has 1 aliphatic heterocycles. The Kier molecular flexibility index (Phi) is 4.19. The van der Waals surface area contributed by atoms with Crippen LogP contribution in [0.3, 0.4) is 0 Å². The molecule has 0 unspecified atom stereocenters. The fourth-order valence-electron chi connectivity index (χ4n) is 3.50. The van der Waals surface area contributed by atoms with Crippen molar-refractivity contribution in [1.29, 1.82) is 0 Å². The molecule has 1 aromatic carbocycles. The molecule has 2 fully saturated rings. The SMILES string of the molecule is CCN1CCC(NC2CC(c3ccccc3)C2)CC1. The predicted octanol–water partition coefficient (Wildman–Crippen LogP) is 3.01. The van der Waals surface area contributed by atoms with Crippen molar-refractivity contribution in [1.82, 2.24) is 10.2 Å². The number of hydrogen-bond acceptors (Lipinski definition) is 2. The van der Waals surface area contributed by atoms with Crippen LogP contribution in [-0.2, 0) is 0 Å². The van der Waals surface area contributed by atoms with Gasteiger partial charge in [-0.05, 0) is 56.8 Å². The van der Waals surface area contributed by atoms with Gasteiger partial charge in [-0.25, -0.2) is 0 Å². The van der Waals surface area contributed by atoms with Crippen molar-refractivity contribution in [2.45, 2.75) is 50.6 Å². The number of nitrogens with one attached hydrogen (secondary N) is 1. The van der Waals surface area contributed by atoms with Gasteiger partial charge < -0.3 is 10.2 Å². The smallest absolute Gasteiger partial charge is 0.00940 e. The molecule has 0 bridgehead atoms. The van der Waals surface area contributed by atoms with Gasteiger partial charge in [0.15, 0.2) is 0 Å². The second-order valence-electron chi connectivity index (χ2n) is 6.15. The van der Waals surface area contributed by atoms with Gasteiger partial charge in [-0.2, -0.15) is 0 Å². The molecule has 0 aromatic heterocycles. The zero-order valence-electron chi connectivity index (χ0n) is 12.0. The van der Waals surface area contributed by atoms with Crippen LogP contribution < -0.4 is 5.32 Å². The quantitative estimate of drug-likeness (QED) is 0.893. The van der Waals surface area contributed by atoms with Gasteiger partial charge in [0.25, 0.3) is 0 Å². The highest BCUT2D eigenvalue weighted by Crippen LogP contribution is 2.37. The number of likely N-dealkylation sites (tertiary alicyclic amines) is 1. The third-order valence-corrected chi connectivity index (χ3v) is 4.92. The molecule has 1 heterocycles. The summed E-state index contributed by atoms with van der Waals surface area (Å²) in [6.45, 7) is 6.04. The summed E-state index contributed by atoms with van der Waals surface area (Å²) in [5.74, 6) is 0.800. The minimum Gasteiger partial charge on any atom is -0.311 e. The summed E-state index contributed by atoms with van der Waals surface area (Å²) in [5.41, 5.74) is 1.53. The van der Waals surface area contributed by atoms with Crippen molar-refractivity contribution < 1.29 is 0 Å². The molecule has 0 amide bonds. The maximum Gasteiger partial charge on any atom is 0.00940 e. The minimum absolute atomic E-state index is 0.767. The Labute approximate surface area is 117 Å². The van der Waals surface area contributed by atoms with Gasteiger partial charge in [0, 0.05) is 12.1 Å². The first-order valence-corrected chi connectivity index (χ1v) is 7.88. The lowest BCUT2D eigenvalue weighted by atomic mass is 9.75. The van der Waals surface area contributed by atoms with E-state index in [-0.39, 0.29) is 0 Å². The van der Waals surface area contributed by atoms with E-state index >= 15 is 0 Å². The zero-order valence-corrected chi connectivity index (χ0v) is 12.0. The van der Waals surface area contributed by atoms with Gasteiger partial charge in [-0.3, -0.25) is 0 Å². The summed E-state index contributed by atoms with van der Waals surface area (Å²) in [5, 5.41) is 3.87. The molecule has 2 nitrogen and oxygen atoms in total. The van der Waals surface area contributed by atoms with E-state index in [4.69, 9.17) is 0 Å². The summed E-state index contributed by atoms with van der Waals surface area (Å²) in [6, 6.07) is 12.5. The summed E-state index contributed by atoms with van der Waals surface area (Å²) >= 11 is 0. The van der Waals surface area contributed by atoms with E-state index in [0.29, 0.717) is 0 Å². The van der Waals surface area contributed by atoms with Crippen molar-refractivity contribution in [2.24, 2.45) is 0 Å². The standard InChI is InChI=1S/C17H26N2/c1-2-19-10-8-16(9-11-19)18-17-12-15(13-17)14-6-4-3-5-7-14/h3-7,15-18H,2,8-13H2,1H3. The Balaban J connectivity index is 1.40. The average Bonchev–Trinajstić information content (AvgIpc) is 2.44. The highest BCUT2D eigenvalue weighted by atomic mass is 15.1. The van der Waals surface area contributed by atoms with Crippen LogP contribution in [0, 0.1) is 0 Å². The second kappa shape index (κ2) is 6.06. The van der Waals surface area contributed by atoms with E-state index in [1.807, 2.05) is 0 Å². The molecule has 3 rings (SSSR count). The van der Waals surface area contributed by atoms with Crippen molar-refractivity contribution in [3.05, 3.63) is 35.9 Å². The highest BCUT2D eigenvalue weighted by Gasteiger charge is 2.32. The molecule has 0 radical (unpaired) electrons. The molecule has 104 valence electrons. The van der Waals surface area contributed by atoms with Crippen LogP contribution in [0.25, 0.3) is 0 Å². The lowest BCUT2D eigenvalue weighted by Gasteiger charge is -2.41. The number of hydrogen-bond donors (Lipinski definition) is 1. The first-order chi connectivity index (χ1) is 9.35. The lowest BCUT2D eigenvalue weighted by molar-refractivity contribution is 0.176. The van der Waals surface area contributed by atoms with E-state index < -0.39 is 0 Å². The van der Waals surface area contributed by atoms with Crippen LogP contribution in [0.5, 0.6) is 0 Å².